The Morgan fingerprint density at radius 2 is 2.06 bits per heavy atom. The predicted molar refractivity (Wildman–Crippen MR) is 137 cm³/mol. The number of hydrogen-bond acceptors (Lipinski definition) is 5. The van der Waals surface area contributed by atoms with E-state index in [9.17, 15) is 4.79 Å². The number of rotatable bonds is 3. The van der Waals surface area contributed by atoms with Gasteiger partial charge in [-0.25, -0.2) is 4.98 Å². The molecule has 1 amide bonds. The van der Waals surface area contributed by atoms with Crippen molar-refractivity contribution in [2.24, 2.45) is 0 Å². The molecule has 0 bridgehead atoms. The molecule has 2 unspecified atom stereocenters. The smallest absolute Gasteiger partial charge is 0.270 e. The number of aromatic nitrogens is 2. The number of amides is 1. The maximum atomic E-state index is 13.6. The van der Waals surface area contributed by atoms with E-state index < -0.39 is 0 Å². The minimum Gasteiger partial charge on any atom is -0.491 e. The van der Waals surface area contributed by atoms with E-state index in [1.165, 1.54) is 0 Å². The number of fused-ring (bicyclic) bond motifs is 3. The lowest BCUT2D eigenvalue weighted by atomic mass is 10.0. The number of benzene rings is 2. The molecule has 34 heavy (non-hydrogen) atoms. The summed E-state index contributed by atoms with van der Waals surface area (Å²) in [6.07, 6.45) is 4.14. The molecule has 3 aliphatic heterocycles. The topological polar surface area (TPSA) is 61.5 Å². The fraction of sp³-hybridized carbons (Fsp3) is 0.308. The zero-order valence-corrected chi connectivity index (χ0v) is 20.6. The number of aryl methyl sites for hydroxylation is 1. The number of nitrogens with one attached hydrogen (secondary N) is 1. The Hall–Kier alpha value is -2.90. The minimum atomic E-state index is 0.0533. The SMILES string of the molecule is CCN1C(C(=O)N2CCOc3ccc(-c4ccc5nc(C)[nH]c5c4)cc3C2)=CC2SC(Cl)=CC21. The van der Waals surface area contributed by atoms with Gasteiger partial charge < -0.3 is 19.5 Å². The molecule has 8 heteroatoms. The summed E-state index contributed by atoms with van der Waals surface area (Å²) < 4.78 is 6.83. The molecule has 2 aromatic carbocycles. The van der Waals surface area contributed by atoms with Gasteiger partial charge in [-0.15, -0.1) is 11.8 Å². The van der Waals surface area contributed by atoms with E-state index in [4.69, 9.17) is 16.3 Å². The molecular weight excluding hydrogens is 468 g/mol. The van der Waals surface area contributed by atoms with Crippen molar-refractivity contribution in [1.29, 1.82) is 0 Å². The molecule has 4 heterocycles. The molecule has 2 atom stereocenters. The number of carbonyl (C=O) groups excluding carboxylic acids is 1. The second-order valence-electron chi connectivity index (χ2n) is 8.83. The lowest BCUT2D eigenvalue weighted by molar-refractivity contribution is -0.129. The zero-order valence-electron chi connectivity index (χ0n) is 19.0. The molecular formula is C26H25ClN4O2S. The molecule has 0 saturated carbocycles. The van der Waals surface area contributed by atoms with E-state index in [2.05, 4.69) is 58.2 Å². The van der Waals surface area contributed by atoms with Crippen LogP contribution in [0.15, 0.2) is 58.6 Å². The van der Waals surface area contributed by atoms with Crippen LogP contribution >= 0.6 is 23.4 Å². The quantitative estimate of drug-likeness (QED) is 0.554. The fourth-order valence-corrected chi connectivity index (χ4v) is 6.56. The molecule has 0 aliphatic carbocycles. The van der Waals surface area contributed by atoms with Crippen LogP contribution in [0.25, 0.3) is 22.2 Å². The molecule has 0 radical (unpaired) electrons. The van der Waals surface area contributed by atoms with Crippen molar-refractivity contribution in [1.82, 2.24) is 19.8 Å². The summed E-state index contributed by atoms with van der Waals surface area (Å²) in [4.78, 5) is 25.5. The summed E-state index contributed by atoms with van der Waals surface area (Å²) in [5.74, 6) is 1.80. The molecule has 6 nitrogen and oxygen atoms in total. The number of ether oxygens (including phenoxy) is 1. The highest BCUT2D eigenvalue weighted by atomic mass is 35.5. The van der Waals surface area contributed by atoms with Crippen LogP contribution in [0.1, 0.15) is 18.3 Å². The molecule has 3 aromatic rings. The first-order chi connectivity index (χ1) is 16.5. The van der Waals surface area contributed by atoms with Gasteiger partial charge in [0, 0.05) is 18.7 Å². The molecule has 3 aliphatic rings. The van der Waals surface area contributed by atoms with Crippen LogP contribution in [0.4, 0.5) is 0 Å². The standard InChI is InChI=1S/C26H25ClN4O2S/c1-3-31-21-13-25(27)34-24(21)12-22(31)26(32)30-8-9-33-23-7-5-16(10-18(23)14-30)17-4-6-19-20(11-17)29-15(2)28-19/h4-7,10-13,21,24H,3,8-9,14H2,1-2H3,(H,28,29). The second-order valence-corrected chi connectivity index (χ2v) is 10.7. The predicted octanol–water partition coefficient (Wildman–Crippen LogP) is 5.04. The van der Waals surface area contributed by atoms with Gasteiger partial charge >= 0.3 is 0 Å². The Balaban J connectivity index is 1.28. The van der Waals surface area contributed by atoms with Crippen LogP contribution in [-0.4, -0.2) is 56.7 Å². The summed E-state index contributed by atoms with van der Waals surface area (Å²) in [6, 6.07) is 12.6. The largest absolute Gasteiger partial charge is 0.491 e. The molecule has 0 saturated heterocycles. The normalized spacial score (nSPS) is 21.6. The van der Waals surface area contributed by atoms with Crippen molar-refractivity contribution in [2.75, 3.05) is 19.7 Å². The van der Waals surface area contributed by atoms with Crippen LogP contribution in [0.3, 0.4) is 0 Å². The highest BCUT2D eigenvalue weighted by Crippen LogP contribution is 2.44. The number of thioether (sulfide) groups is 1. The highest BCUT2D eigenvalue weighted by molar-refractivity contribution is 8.05. The van der Waals surface area contributed by atoms with E-state index in [1.54, 1.807) is 11.8 Å². The molecule has 6 rings (SSSR count). The maximum absolute atomic E-state index is 13.6. The summed E-state index contributed by atoms with van der Waals surface area (Å²) in [7, 11) is 0. The van der Waals surface area contributed by atoms with Gasteiger partial charge in [0.25, 0.3) is 5.91 Å². The third kappa shape index (κ3) is 3.67. The van der Waals surface area contributed by atoms with Gasteiger partial charge in [0.1, 0.15) is 23.9 Å². The highest BCUT2D eigenvalue weighted by Gasteiger charge is 2.41. The number of imidazole rings is 1. The van der Waals surface area contributed by atoms with Gasteiger partial charge in [-0.1, -0.05) is 23.7 Å². The number of halogens is 1. The van der Waals surface area contributed by atoms with Gasteiger partial charge in [-0.2, -0.15) is 0 Å². The molecule has 0 spiro atoms. The lowest BCUT2D eigenvalue weighted by Crippen LogP contribution is -2.40. The van der Waals surface area contributed by atoms with E-state index in [-0.39, 0.29) is 17.2 Å². The van der Waals surface area contributed by atoms with Crippen molar-refractivity contribution in [3.8, 4) is 16.9 Å². The third-order valence-corrected chi connectivity index (χ3v) is 8.14. The molecule has 1 N–H and O–H groups in total. The number of hydrogen-bond donors (Lipinski definition) is 1. The van der Waals surface area contributed by atoms with Crippen molar-refractivity contribution < 1.29 is 9.53 Å². The first-order valence-corrected chi connectivity index (χ1v) is 12.8. The van der Waals surface area contributed by atoms with Crippen LogP contribution in [0.5, 0.6) is 5.75 Å². The first kappa shape index (κ1) is 21.6. The van der Waals surface area contributed by atoms with Crippen LogP contribution < -0.4 is 4.74 Å². The number of H-pyrrole nitrogens is 1. The van der Waals surface area contributed by atoms with Crippen LogP contribution in [-0.2, 0) is 11.3 Å². The van der Waals surface area contributed by atoms with Gasteiger partial charge in [-0.3, -0.25) is 4.79 Å². The number of carbonyl (C=O) groups is 1. The van der Waals surface area contributed by atoms with Gasteiger partial charge in [0.15, 0.2) is 0 Å². The minimum absolute atomic E-state index is 0.0533. The second kappa shape index (κ2) is 8.40. The van der Waals surface area contributed by atoms with Crippen LogP contribution in [0.2, 0.25) is 0 Å². The number of likely N-dealkylation sites (N-methyl/N-ethyl adjacent to an activating group) is 1. The zero-order chi connectivity index (χ0) is 23.4. The van der Waals surface area contributed by atoms with Gasteiger partial charge in [0.2, 0.25) is 0 Å². The van der Waals surface area contributed by atoms with Gasteiger partial charge in [0.05, 0.1) is 33.2 Å². The number of nitrogens with zero attached hydrogens (tertiary/aromatic N) is 3. The van der Waals surface area contributed by atoms with E-state index >= 15 is 0 Å². The summed E-state index contributed by atoms with van der Waals surface area (Å²) in [5.41, 5.74) is 5.95. The van der Waals surface area contributed by atoms with E-state index in [0.717, 1.165) is 55.9 Å². The summed E-state index contributed by atoms with van der Waals surface area (Å²) >= 11 is 7.86. The summed E-state index contributed by atoms with van der Waals surface area (Å²) in [6.45, 7) is 6.35. The van der Waals surface area contributed by atoms with E-state index in [0.29, 0.717) is 19.7 Å². The molecule has 174 valence electrons. The Bertz CT molecular complexity index is 1360. The number of aromatic amines is 1. The van der Waals surface area contributed by atoms with Gasteiger partial charge in [-0.05, 0) is 61.4 Å². The van der Waals surface area contributed by atoms with Crippen molar-refractivity contribution in [3.05, 3.63) is 70.0 Å². The summed E-state index contributed by atoms with van der Waals surface area (Å²) in [5, 5.41) is 0.203. The lowest BCUT2D eigenvalue weighted by Gasteiger charge is -2.29. The van der Waals surface area contributed by atoms with E-state index in [1.807, 2.05) is 24.0 Å². The van der Waals surface area contributed by atoms with Crippen molar-refractivity contribution >= 4 is 40.3 Å². The third-order valence-electron chi connectivity index (χ3n) is 6.70. The maximum Gasteiger partial charge on any atom is 0.270 e. The fourth-order valence-electron chi connectivity index (χ4n) is 5.08. The Morgan fingerprint density at radius 3 is 2.91 bits per heavy atom. The Labute approximate surface area is 207 Å². The van der Waals surface area contributed by atoms with Crippen LogP contribution in [0, 0.1) is 6.92 Å². The average Bonchev–Trinajstić information content (AvgIpc) is 3.42. The van der Waals surface area contributed by atoms with Crippen molar-refractivity contribution in [2.45, 2.75) is 31.7 Å². The molecule has 0 fully saturated rings. The average molecular weight is 493 g/mol. The first-order valence-electron chi connectivity index (χ1n) is 11.5. The Kier molecular flexibility index (Phi) is 5.34. The monoisotopic (exact) mass is 492 g/mol. The molecule has 1 aromatic heterocycles. The van der Waals surface area contributed by atoms with Crippen molar-refractivity contribution in [3.63, 3.8) is 0 Å². The Morgan fingerprint density at radius 1 is 1.24 bits per heavy atom.